The van der Waals surface area contributed by atoms with Crippen LogP contribution in [0.25, 0.3) is 21.8 Å². The first kappa shape index (κ1) is 20.8. The van der Waals surface area contributed by atoms with Gasteiger partial charge in [0.15, 0.2) is 0 Å². The quantitative estimate of drug-likeness (QED) is 0.318. The van der Waals surface area contributed by atoms with Gasteiger partial charge in [0, 0.05) is 32.9 Å². The van der Waals surface area contributed by atoms with Crippen molar-refractivity contribution in [3.63, 3.8) is 0 Å². The second-order valence-corrected chi connectivity index (χ2v) is 8.45. The number of primary amides is 1. The Morgan fingerprint density at radius 2 is 1.93 bits per heavy atom. The van der Waals surface area contributed by atoms with Crippen LogP contribution < -0.4 is 5.73 Å². The molecule has 0 unspecified atom stereocenters. The second-order valence-electron chi connectivity index (χ2n) is 7.61. The summed E-state index contributed by atoms with van der Waals surface area (Å²) in [4.78, 5) is 12.1. The number of nitrogens with zero attached hydrogens (tertiary/aromatic N) is 1. The van der Waals surface area contributed by atoms with Crippen LogP contribution in [-0.4, -0.2) is 10.5 Å². The Balaban J connectivity index is 1.94. The maximum Gasteiger partial charge on any atom is 0.249 e. The highest BCUT2D eigenvalue weighted by molar-refractivity contribution is 6.33. The first-order chi connectivity index (χ1) is 14.5. The molecule has 0 fully saturated rings. The Bertz CT molecular complexity index is 1240. The monoisotopic (exact) mass is 437 g/mol. The molecule has 3 nitrogen and oxygen atoms in total. The zero-order valence-corrected chi connectivity index (χ0v) is 18.4. The number of carbonyl (C=O) groups excluding carboxylic acids is 1. The van der Waals surface area contributed by atoms with Crippen molar-refractivity contribution in [3.05, 3.63) is 81.3 Å². The van der Waals surface area contributed by atoms with Crippen molar-refractivity contribution in [1.29, 1.82) is 0 Å². The third-order valence-electron chi connectivity index (χ3n) is 5.52. The minimum atomic E-state index is -0.444. The van der Waals surface area contributed by atoms with Gasteiger partial charge >= 0.3 is 0 Å². The van der Waals surface area contributed by atoms with Crippen LogP contribution in [0.5, 0.6) is 0 Å². The molecule has 1 radical (unpaired) electrons. The van der Waals surface area contributed by atoms with E-state index in [0.717, 1.165) is 40.2 Å². The van der Waals surface area contributed by atoms with Crippen molar-refractivity contribution in [2.75, 3.05) is 0 Å². The van der Waals surface area contributed by atoms with E-state index in [4.69, 9.17) is 28.9 Å². The molecule has 0 bridgehead atoms. The molecule has 5 heteroatoms. The van der Waals surface area contributed by atoms with Gasteiger partial charge in [-0.05, 0) is 66.4 Å². The summed E-state index contributed by atoms with van der Waals surface area (Å²) in [7, 11) is 0. The smallest absolute Gasteiger partial charge is 0.249 e. The lowest BCUT2D eigenvalue weighted by Gasteiger charge is -2.11. The maximum atomic E-state index is 12.1. The normalized spacial score (nSPS) is 11.4. The number of unbranched alkanes of at least 4 members (excludes halogenated alkanes) is 2. The Hall–Kier alpha value is -2.49. The largest absolute Gasteiger partial charge is 0.366 e. The van der Waals surface area contributed by atoms with Gasteiger partial charge in [-0.2, -0.15) is 0 Å². The first-order valence-corrected chi connectivity index (χ1v) is 10.9. The van der Waals surface area contributed by atoms with Crippen molar-refractivity contribution in [1.82, 2.24) is 4.57 Å². The molecule has 1 heterocycles. The summed E-state index contributed by atoms with van der Waals surface area (Å²) in [6.45, 7) is 2.74. The summed E-state index contributed by atoms with van der Waals surface area (Å²) in [6.07, 6.45) is 4.53. The molecule has 0 aliphatic carbocycles. The van der Waals surface area contributed by atoms with E-state index in [1.54, 1.807) is 12.1 Å². The van der Waals surface area contributed by atoms with E-state index in [1.807, 2.05) is 30.3 Å². The SMILES string of the molecule is CCCCCc1c[c]c2c3c(C(N)=O)cccc3n(Cc3cc(Cl)ccc3Cl)c2c1. The fourth-order valence-electron chi connectivity index (χ4n) is 4.03. The molecule has 0 aliphatic heterocycles. The lowest BCUT2D eigenvalue weighted by Crippen LogP contribution is -2.11. The number of nitrogens with two attached hydrogens (primary N) is 1. The number of amides is 1. The number of fused-ring (bicyclic) bond motifs is 3. The second kappa shape index (κ2) is 8.71. The molecule has 2 N–H and O–H groups in total. The van der Waals surface area contributed by atoms with Gasteiger partial charge in [-0.15, -0.1) is 0 Å². The number of halogens is 2. The minimum Gasteiger partial charge on any atom is -0.366 e. The third-order valence-corrected chi connectivity index (χ3v) is 6.13. The lowest BCUT2D eigenvalue weighted by atomic mass is 10.0. The van der Waals surface area contributed by atoms with Gasteiger partial charge in [-0.3, -0.25) is 4.79 Å². The molecule has 153 valence electrons. The van der Waals surface area contributed by atoms with Gasteiger partial charge in [0.2, 0.25) is 5.91 Å². The highest BCUT2D eigenvalue weighted by atomic mass is 35.5. The summed E-state index contributed by atoms with van der Waals surface area (Å²) in [5, 5.41) is 3.03. The molecule has 3 aromatic carbocycles. The average Bonchev–Trinajstić information content (AvgIpc) is 3.04. The Morgan fingerprint density at radius 3 is 2.70 bits per heavy atom. The number of hydrogen-bond donors (Lipinski definition) is 1. The van der Waals surface area contributed by atoms with Gasteiger partial charge in [0.1, 0.15) is 0 Å². The van der Waals surface area contributed by atoms with Crippen LogP contribution >= 0.6 is 23.2 Å². The zero-order chi connectivity index (χ0) is 21.3. The van der Waals surface area contributed by atoms with Gasteiger partial charge < -0.3 is 10.3 Å². The molecule has 30 heavy (non-hydrogen) atoms. The van der Waals surface area contributed by atoms with Crippen molar-refractivity contribution in [2.45, 2.75) is 39.2 Å². The highest BCUT2D eigenvalue weighted by Crippen LogP contribution is 2.34. The van der Waals surface area contributed by atoms with Crippen LogP contribution in [0.4, 0.5) is 0 Å². The van der Waals surface area contributed by atoms with Crippen LogP contribution in [-0.2, 0) is 13.0 Å². The fourth-order valence-corrected chi connectivity index (χ4v) is 4.40. The van der Waals surface area contributed by atoms with E-state index < -0.39 is 5.91 Å². The van der Waals surface area contributed by atoms with E-state index in [2.05, 4.69) is 23.6 Å². The van der Waals surface area contributed by atoms with Crippen molar-refractivity contribution in [3.8, 4) is 0 Å². The predicted molar refractivity (Wildman–Crippen MR) is 126 cm³/mol. The zero-order valence-electron chi connectivity index (χ0n) is 16.8. The average molecular weight is 438 g/mol. The van der Waals surface area contributed by atoms with E-state index in [1.165, 1.54) is 18.4 Å². The van der Waals surface area contributed by atoms with E-state index in [-0.39, 0.29) is 0 Å². The van der Waals surface area contributed by atoms with Crippen LogP contribution in [0.3, 0.4) is 0 Å². The van der Waals surface area contributed by atoms with Crippen LogP contribution in [0.2, 0.25) is 10.0 Å². The molecule has 0 saturated heterocycles. The molecule has 1 aromatic heterocycles. The number of aryl methyl sites for hydroxylation is 1. The molecule has 0 aliphatic rings. The Kier molecular flexibility index (Phi) is 6.03. The number of carbonyl (C=O) groups is 1. The standard InChI is InChI=1S/C25H23Cl2N2O/c1-2-3-4-6-16-9-11-19-23(13-16)29(15-17-14-18(26)10-12-21(17)27)22-8-5-7-20(24(19)22)25(28)30/h5,7-10,12-14H,2-4,6,15H2,1H3,(H2,28,30). The highest BCUT2D eigenvalue weighted by Gasteiger charge is 2.18. The maximum absolute atomic E-state index is 12.1. The molecule has 0 atom stereocenters. The van der Waals surface area contributed by atoms with E-state index in [0.29, 0.717) is 22.2 Å². The Morgan fingerprint density at radius 1 is 1.10 bits per heavy atom. The summed E-state index contributed by atoms with van der Waals surface area (Å²) < 4.78 is 2.18. The van der Waals surface area contributed by atoms with Gasteiger partial charge in [-0.25, -0.2) is 0 Å². The lowest BCUT2D eigenvalue weighted by molar-refractivity contribution is 0.100. The van der Waals surface area contributed by atoms with Crippen LogP contribution in [0, 0.1) is 6.07 Å². The van der Waals surface area contributed by atoms with Gasteiger partial charge in [0.05, 0.1) is 11.0 Å². The molecule has 1 amide bonds. The topological polar surface area (TPSA) is 48.0 Å². The summed E-state index contributed by atoms with van der Waals surface area (Å²) in [6, 6.07) is 18.8. The fraction of sp³-hybridized carbons (Fsp3) is 0.240. The number of benzene rings is 3. The van der Waals surface area contributed by atoms with Gasteiger partial charge in [-0.1, -0.05) is 55.1 Å². The molecule has 4 rings (SSSR count). The van der Waals surface area contributed by atoms with Crippen molar-refractivity contribution < 1.29 is 4.79 Å². The summed E-state index contributed by atoms with van der Waals surface area (Å²) in [5.74, 6) is -0.444. The molecule has 0 spiro atoms. The van der Waals surface area contributed by atoms with Crippen LogP contribution in [0.1, 0.15) is 47.7 Å². The number of aromatic nitrogens is 1. The predicted octanol–water partition coefficient (Wildman–Crippen LogP) is 6.78. The first-order valence-electron chi connectivity index (χ1n) is 10.2. The van der Waals surface area contributed by atoms with Crippen molar-refractivity contribution in [2.24, 2.45) is 5.73 Å². The molecular weight excluding hydrogens is 415 g/mol. The van der Waals surface area contributed by atoms with E-state index >= 15 is 0 Å². The van der Waals surface area contributed by atoms with E-state index in [9.17, 15) is 4.79 Å². The molecule has 0 saturated carbocycles. The third kappa shape index (κ3) is 3.92. The summed E-state index contributed by atoms with van der Waals surface area (Å²) in [5.41, 5.74) is 10.3. The number of rotatable bonds is 7. The number of hydrogen-bond acceptors (Lipinski definition) is 1. The molecular formula is C25H23Cl2N2O. The van der Waals surface area contributed by atoms with Crippen LogP contribution in [0.15, 0.2) is 48.5 Å². The minimum absolute atomic E-state index is 0.444. The Labute approximate surface area is 186 Å². The summed E-state index contributed by atoms with van der Waals surface area (Å²) >= 11 is 12.7. The van der Waals surface area contributed by atoms with Gasteiger partial charge in [0.25, 0.3) is 0 Å². The molecule has 4 aromatic rings. The van der Waals surface area contributed by atoms with Crippen molar-refractivity contribution >= 4 is 50.9 Å².